The molecule has 0 spiro atoms. The summed E-state index contributed by atoms with van der Waals surface area (Å²) in [5, 5.41) is 43.6. The van der Waals surface area contributed by atoms with E-state index in [1.54, 1.807) is 24.3 Å². The van der Waals surface area contributed by atoms with Gasteiger partial charge in [-0.3, -0.25) is 29.8 Å². The predicted octanol–water partition coefficient (Wildman–Crippen LogP) is -0.171. The van der Waals surface area contributed by atoms with E-state index in [-0.39, 0.29) is 34.9 Å². The van der Waals surface area contributed by atoms with E-state index < -0.39 is 94.0 Å². The first-order valence-electron chi connectivity index (χ1n) is 26.9. The van der Waals surface area contributed by atoms with Crippen LogP contribution < -0.4 is 62.8 Å². The van der Waals surface area contributed by atoms with E-state index in [2.05, 4.69) is 41.5 Å². The molecule has 4 atom stereocenters. The number of aromatic nitrogens is 4. The number of aliphatic hydroxyl groups is 2. The van der Waals surface area contributed by atoms with Gasteiger partial charge in [-0.2, -0.15) is 18.5 Å². The van der Waals surface area contributed by atoms with Gasteiger partial charge in [-0.05, 0) is 75.2 Å². The summed E-state index contributed by atoms with van der Waals surface area (Å²) in [6, 6.07) is 19.4. The summed E-state index contributed by atoms with van der Waals surface area (Å²) in [5.74, 6) is -1.41. The van der Waals surface area contributed by atoms with Crippen LogP contribution in [-0.2, 0) is 61.9 Å². The van der Waals surface area contributed by atoms with E-state index in [1.807, 2.05) is 84.2 Å². The Morgan fingerprint density at radius 1 is 0.644 bits per heavy atom. The molecule has 2 aromatic carbocycles. The van der Waals surface area contributed by atoms with Crippen molar-refractivity contribution >= 4 is 90.0 Å². The molecule has 30 nitrogen and oxygen atoms in total. The molecule has 0 saturated carbocycles. The largest absolute Gasteiger partial charge is 0.490 e. The molecule has 0 bridgehead atoms. The monoisotopic (exact) mass is 1260 g/mol. The normalized spacial score (nSPS) is 17.1. The van der Waals surface area contributed by atoms with Crippen LogP contribution in [0.4, 0.5) is 21.9 Å². The predicted molar refractivity (Wildman–Crippen MR) is 319 cm³/mol. The van der Waals surface area contributed by atoms with E-state index in [0.29, 0.717) is 47.8 Å². The molecule has 2 saturated heterocycles. The number of nitrogens with two attached hydrogens (primary N) is 4. The smallest absolute Gasteiger partial charge is 0.442 e. The number of aliphatic hydroxyl groups excluding tert-OH is 2. The summed E-state index contributed by atoms with van der Waals surface area (Å²) >= 11 is 1.96. The van der Waals surface area contributed by atoms with Gasteiger partial charge >= 0.3 is 10.4 Å². The molecule has 2 fully saturated rings. The number of aryl methyl sites for hydroxylation is 2. The Labute approximate surface area is 507 Å². The van der Waals surface area contributed by atoms with Crippen molar-refractivity contribution in [1.29, 1.82) is 0 Å². The number of amides is 4. The second-order valence-corrected chi connectivity index (χ2v) is 23.6. The van der Waals surface area contributed by atoms with Crippen molar-refractivity contribution in [2.24, 2.45) is 35.9 Å². The Kier molecular flexibility index (Phi) is 20.5. The number of nitrogen functional groups attached to an aromatic ring is 2. The SMILES string of the molecule is C[n+]1cc(-c2ccc(OC[C@@H](CO)O/N=C(\C(=O)N[C@@H]3C(=O)N(OS(=O)(=O)ON4C(=O)[C@@H](NC(=O)/C(=N\O[C@H](CO)COc5ccc(-c6ccc(NCCN)[n+](C)c6)cc5)c5csc(N)n5)C4(C)C)C3(C)C)c3csc(N)n3)cc2)ccc1NCCN. The highest BCUT2D eigenvalue weighted by Gasteiger charge is 2.61. The number of oxime groups is 2. The van der Waals surface area contributed by atoms with E-state index in [1.165, 1.54) is 38.5 Å². The number of hydroxylamine groups is 4. The van der Waals surface area contributed by atoms with Gasteiger partial charge in [0, 0.05) is 47.1 Å². The van der Waals surface area contributed by atoms with Gasteiger partial charge in [-0.1, -0.05) is 34.6 Å². The van der Waals surface area contributed by atoms with Gasteiger partial charge in [0.15, 0.2) is 33.9 Å². The maximum Gasteiger partial charge on any atom is 0.442 e. The number of hydrogen-bond acceptors (Lipinski definition) is 26. The number of rotatable bonds is 30. The molecule has 14 N–H and O–H groups in total. The van der Waals surface area contributed by atoms with Crippen LogP contribution in [0.1, 0.15) is 39.1 Å². The van der Waals surface area contributed by atoms with Crippen LogP contribution in [0.25, 0.3) is 22.3 Å². The molecule has 4 amide bonds. The van der Waals surface area contributed by atoms with E-state index in [9.17, 15) is 37.8 Å². The van der Waals surface area contributed by atoms with Crippen molar-refractivity contribution in [1.82, 2.24) is 30.7 Å². The first kappa shape index (κ1) is 64.3. The standard InChI is InChI=1S/C54H66N16O14S3/c1-53(2)45(63-47(73)43(39-29-85-51(57)61-39)65-81-37(25-71)27-79-35-13-7-31(8-14-35)33-11-17-41(59-21-19-55)67(5)23-33)49(75)69(53)83-87(77,78)84-70-50(76)46(54(70,3)4)64-48(74)44(40-30-86-52(58)62-40)66-82-38(26-72)28-80-36-15-9-32(10-16-36)34-12-18-42(60-22-20-56)68(6)24-34/h7-18,23-24,29-30,37-38,45-46,71-72H,19-22,25-28,55-56H2,1-6H3,(H6,57,58,61,62,63,64,73,74)/p+2/b65-43-,66-44-/t37-,38-,45-,46-/m1/s1. The fourth-order valence-electron chi connectivity index (χ4n) is 8.73. The summed E-state index contributed by atoms with van der Waals surface area (Å²) < 4.78 is 52.7. The van der Waals surface area contributed by atoms with E-state index >= 15 is 0 Å². The highest BCUT2D eigenvalue weighted by Crippen LogP contribution is 2.37. The van der Waals surface area contributed by atoms with Gasteiger partial charge in [0.1, 0.15) is 48.2 Å². The summed E-state index contributed by atoms with van der Waals surface area (Å²) in [5.41, 5.74) is 22.5. The van der Waals surface area contributed by atoms with Crippen molar-refractivity contribution in [3.63, 3.8) is 0 Å². The second-order valence-electron chi connectivity index (χ2n) is 20.7. The molecule has 6 aromatic rings. The highest BCUT2D eigenvalue weighted by atomic mass is 32.3. The van der Waals surface area contributed by atoms with Crippen molar-refractivity contribution < 1.29 is 74.7 Å². The van der Waals surface area contributed by atoms with Gasteiger partial charge in [-0.15, -0.1) is 31.2 Å². The van der Waals surface area contributed by atoms with Crippen LogP contribution in [0.3, 0.4) is 0 Å². The number of thiazole rings is 2. The number of carbonyl (C=O) groups is 4. The number of nitrogens with one attached hydrogen (secondary N) is 4. The first-order valence-corrected chi connectivity index (χ1v) is 30.0. The molecule has 464 valence electrons. The Hall–Kier alpha value is -8.67. The van der Waals surface area contributed by atoms with Gasteiger partial charge in [0.05, 0.1) is 63.9 Å². The number of β-lactam (4-membered cyclic amide) rings is 2. The van der Waals surface area contributed by atoms with Crippen LogP contribution in [0, 0.1) is 0 Å². The van der Waals surface area contributed by atoms with Crippen LogP contribution >= 0.6 is 22.7 Å². The number of anilines is 4. The average Bonchev–Trinajstić information content (AvgIpc) is 1.40. The summed E-state index contributed by atoms with van der Waals surface area (Å²) in [4.78, 5) is 74.3. The minimum absolute atomic E-state index is 0.0466. The van der Waals surface area contributed by atoms with Crippen molar-refractivity contribution in [3.05, 3.63) is 107 Å². The topological polar surface area (TPSA) is 415 Å². The van der Waals surface area contributed by atoms with E-state index in [0.717, 1.165) is 56.6 Å². The Morgan fingerprint density at radius 2 is 1.01 bits per heavy atom. The van der Waals surface area contributed by atoms with E-state index in [4.69, 9.17) is 50.7 Å². The number of benzene rings is 2. The number of hydrogen-bond donors (Lipinski definition) is 10. The number of nitrogens with zero attached hydrogens (tertiary/aromatic N) is 8. The summed E-state index contributed by atoms with van der Waals surface area (Å²) in [6.07, 6.45) is 1.73. The molecule has 0 radical (unpaired) electrons. The maximum absolute atomic E-state index is 13.9. The number of carbonyl (C=O) groups excluding carboxylic acids is 4. The Morgan fingerprint density at radius 3 is 1.32 bits per heavy atom. The Bertz CT molecular complexity index is 3400. The molecule has 0 unspecified atom stereocenters. The second kappa shape index (κ2) is 27.8. The van der Waals surface area contributed by atoms with Crippen molar-refractivity contribution in [2.75, 3.05) is 74.7 Å². The van der Waals surface area contributed by atoms with Gasteiger partial charge in [0.2, 0.25) is 0 Å². The molecular weight excluding hydrogens is 1190 g/mol. The molecule has 4 aromatic heterocycles. The third kappa shape index (κ3) is 15.3. The van der Waals surface area contributed by atoms with Gasteiger partial charge in [-0.25, -0.2) is 19.1 Å². The zero-order valence-electron chi connectivity index (χ0n) is 48.1. The molecule has 2 aliphatic heterocycles. The molecule has 87 heavy (non-hydrogen) atoms. The third-order valence-corrected chi connectivity index (χ3v) is 15.6. The quantitative estimate of drug-likeness (QED) is 0.0121. The van der Waals surface area contributed by atoms with Gasteiger partial charge in [0.25, 0.3) is 35.3 Å². The first-order chi connectivity index (χ1) is 41.5. The zero-order chi connectivity index (χ0) is 62.8. The number of ether oxygens (including phenoxy) is 2. The lowest BCUT2D eigenvalue weighted by Gasteiger charge is -2.52. The summed E-state index contributed by atoms with van der Waals surface area (Å²) in [6.45, 7) is 6.12. The molecule has 2 aliphatic rings. The lowest BCUT2D eigenvalue weighted by Crippen LogP contribution is -2.78. The molecule has 0 aliphatic carbocycles. The minimum atomic E-state index is -5.29. The molecule has 8 rings (SSSR count). The lowest BCUT2D eigenvalue weighted by molar-refractivity contribution is -0.656. The zero-order valence-corrected chi connectivity index (χ0v) is 50.6. The molecule has 33 heteroatoms. The molecular formula is C54H68N16O14S3+2. The maximum atomic E-state index is 13.9. The fourth-order valence-corrected chi connectivity index (χ4v) is 10.7. The third-order valence-electron chi connectivity index (χ3n) is 13.6. The van der Waals surface area contributed by atoms with Gasteiger partial charge < -0.3 is 62.9 Å². The fraction of sp³-hybridized carbons (Fsp3) is 0.370. The highest BCUT2D eigenvalue weighted by molar-refractivity contribution is 7.81. The van der Waals surface area contributed by atoms with Crippen LogP contribution in [0.5, 0.6) is 11.5 Å². The van der Waals surface area contributed by atoms with Crippen molar-refractivity contribution in [2.45, 2.75) is 63.1 Å². The van der Waals surface area contributed by atoms with Crippen LogP contribution in [-0.4, -0.2) is 162 Å². The lowest BCUT2D eigenvalue weighted by atomic mass is 9.84. The molecule has 6 heterocycles. The summed E-state index contributed by atoms with van der Waals surface area (Å²) in [7, 11) is -1.46. The minimum Gasteiger partial charge on any atom is -0.490 e. The Balaban J connectivity index is 0.843. The number of pyridine rings is 2. The van der Waals surface area contributed by atoms with Crippen LogP contribution in [0.15, 0.2) is 106 Å². The van der Waals surface area contributed by atoms with Crippen molar-refractivity contribution in [3.8, 4) is 33.8 Å². The van der Waals surface area contributed by atoms with Crippen LogP contribution in [0.2, 0.25) is 0 Å². The average molecular weight is 1260 g/mol.